The maximum Gasteiger partial charge on any atom is 0.358 e. The van der Waals surface area contributed by atoms with Gasteiger partial charge < -0.3 is 15.4 Å². The summed E-state index contributed by atoms with van der Waals surface area (Å²) in [5, 5.41) is 9.14. The van der Waals surface area contributed by atoms with Crippen molar-refractivity contribution in [1.29, 1.82) is 0 Å². The Morgan fingerprint density at radius 1 is 1.33 bits per heavy atom. The Labute approximate surface area is 122 Å². The molecule has 2 N–H and O–H groups in total. The van der Waals surface area contributed by atoms with Gasteiger partial charge in [0, 0.05) is 13.0 Å². The highest BCUT2D eigenvalue weighted by Gasteiger charge is 2.22. The Morgan fingerprint density at radius 2 is 1.95 bits per heavy atom. The van der Waals surface area contributed by atoms with E-state index in [1.165, 1.54) is 11.8 Å². The normalized spacial score (nSPS) is 10.4. The van der Waals surface area contributed by atoms with Gasteiger partial charge in [-0.15, -0.1) is 0 Å². The van der Waals surface area contributed by atoms with Crippen molar-refractivity contribution < 1.29 is 19.1 Å². The largest absolute Gasteiger partial charge is 0.464 e. The Kier molecular flexibility index (Phi) is 5.45. The summed E-state index contributed by atoms with van der Waals surface area (Å²) in [6, 6.07) is 0. The number of ether oxygens (including phenoxy) is 1. The summed E-state index contributed by atoms with van der Waals surface area (Å²) >= 11 is 0. The van der Waals surface area contributed by atoms with E-state index in [0.717, 1.165) is 0 Å². The van der Waals surface area contributed by atoms with Gasteiger partial charge in [0.25, 0.3) is 0 Å². The van der Waals surface area contributed by atoms with Crippen LogP contribution in [-0.2, 0) is 21.4 Å². The van der Waals surface area contributed by atoms with E-state index in [9.17, 15) is 14.4 Å². The fourth-order valence-electron chi connectivity index (χ4n) is 1.69. The predicted molar refractivity (Wildman–Crippen MR) is 75.8 cm³/mol. The summed E-state index contributed by atoms with van der Waals surface area (Å²) in [5.74, 6) is -1.46. The average Bonchev–Trinajstić information content (AvgIpc) is 2.69. The molecule has 21 heavy (non-hydrogen) atoms. The van der Waals surface area contributed by atoms with Gasteiger partial charge in [0.15, 0.2) is 5.69 Å². The van der Waals surface area contributed by atoms with Crippen LogP contribution in [0, 0.1) is 12.8 Å². The molecule has 0 saturated heterocycles. The van der Waals surface area contributed by atoms with Crippen molar-refractivity contribution >= 4 is 23.5 Å². The van der Waals surface area contributed by atoms with Crippen LogP contribution in [0.1, 0.15) is 30.0 Å². The molecule has 0 spiro atoms. The molecule has 0 atom stereocenters. The Hall–Kier alpha value is -2.38. The number of nitrogens with zero attached hydrogens (tertiary/aromatic N) is 2. The van der Waals surface area contributed by atoms with Crippen LogP contribution in [0.15, 0.2) is 0 Å². The topological polar surface area (TPSA) is 102 Å². The van der Waals surface area contributed by atoms with Crippen molar-refractivity contribution in [3.8, 4) is 0 Å². The van der Waals surface area contributed by atoms with E-state index in [4.69, 9.17) is 0 Å². The molecule has 0 aliphatic heterocycles. The maximum atomic E-state index is 11.8. The van der Waals surface area contributed by atoms with Crippen LogP contribution >= 0.6 is 0 Å². The Morgan fingerprint density at radius 3 is 2.48 bits per heavy atom. The Balaban J connectivity index is 2.81. The van der Waals surface area contributed by atoms with Crippen LogP contribution in [0.25, 0.3) is 0 Å². The second kappa shape index (κ2) is 6.87. The highest BCUT2D eigenvalue weighted by molar-refractivity contribution is 6.02. The zero-order chi connectivity index (χ0) is 16.2. The lowest BCUT2D eigenvalue weighted by Gasteiger charge is -2.09. The molecule has 0 saturated carbocycles. The molecule has 116 valence electrons. The monoisotopic (exact) mass is 296 g/mol. The minimum Gasteiger partial charge on any atom is -0.464 e. The number of hydrogen-bond acceptors (Lipinski definition) is 5. The molecule has 1 heterocycles. The van der Waals surface area contributed by atoms with E-state index in [-0.39, 0.29) is 29.8 Å². The number of rotatable bonds is 5. The van der Waals surface area contributed by atoms with Gasteiger partial charge in [-0.2, -0.15) is 5.10 Å². The zero-order valence-electron chi connectivity index (χ0n) is 12.8. The number of methoxy groups -OCH3 is 1. The van der Waals surface area contributed by atoms with Crippen molar-refractivity contribution in [3.05, 3.63) is 11.4 Å². The van der Waals surface area contributed by atoms with Crippen molar-refractivity contribution in [2.75, 3.05) is 19.0 Å². The number of anilines is 1. The van der Waals surface area contributed by atoms with Crippen LogP contribution in [0.4, 0.5) is 5.69 Å². The number of nitrogens with one attached hydrogen (secondary N) is 2. The van der Waals surface area contributed by atoms with E-state index >= 15 is 0 Å². The van der Waals surface area contributed by atoms with Gasteiger partial charge in [-0.25, -0.2) is 4.79 Å². The Bertz CT molecular complexity index is 563. The number of carbonyl (C=O) groups is 3. The summed E-state index contributed by atoms with van der Waals surface area (Å²) in [6.45, 7) is 4.95. The number of amides is 2. The molecule has 8 nitrogen and oxygen atoms in total. The standard InChI is InChI=1S/C13H20N4O4/c1-7(2)12(19)14-6-9(18)15-10-8(3)16-17(4)11(10)13(20)21-5/h7H,6H2,1-5H3,(H,14,19)(H,15,18). The van der Waals surface area contributed by atoms with Gasteiger partial charge in [0.05, 0.1) is 25.0 Å². The number of esters is 1. The fraction of sp³-hybridized carbons (Fsp3) is 0.538. The smallest absolute Gasteiger partial charge is 0.358 e. The molecule has 0 aliphatic rings. The number of carbonyl (C=O) groups excluding carboxylic acids is 3. The summed E-state index contributed by atoms with van der Waals surface area (Å²) in [4.78, 5) is 35.0. The first-order chi connectivity index (χ1) is 9.77. The molecule has 8 heteroatoms. The summed E-state index contributed by atoms with van der Waals surface area (Å²) < 4.78 is 6.00. The molecule has 0 unspecified atom stereocenters. The molecular formula is C13H20N4O4. The summed E-state index contributed by atoms with van der Waals surface area (Å²) in [7, 11) is 2.83. The first kappa shape index (κ1) is 16.7. The molecule has 0 radical (unpaired) electrons. The average molecular weight is 296 g/mol. The minimum absolute atomic E-state index is 0.151. The highest BCUT2D eigenvalue weighted by Crippen LogP contribution is 2.20. The second-order valence-electron chi connectivity index (χ2n) is 4.84. The summed E-state index contributed by atoms with van der Waals surface area (Å²) in [5.41, 5.74) is 0.924. The number of aryl methyl sites for hydroxylation is 2. The molecule has 1 rings (SSSR count). The quantitative estimate of drug-likeness (QED) is 0.757. The van der Waals surface area contributed by atoms with Gasteiger partial charge in [-0.1, -0.05) is 13.8 Å². The lowest BCUT2D eigenvalue weighted by atomic mass is 10.2. The second-order valence-corrected chi connectivity index (χ2v) is 4.84. The summed E-state index contributed by atoms with van der Waals surface area (Å²) in [6.07, 6.45) is 0. The van der Waals surface area contributed by atoms with Gasteiger partial charge in [0.2, 0.25) is 11.8 Å². The number of hydrogen-bond donors (Lipinski definition) is 2. The van der Waals surface area contributed by atoms with Gasteiger partial charge in [-0.3, -0.25) is 14.3 Å². The predicted octanol–water partition coefficient (Wildman–Crippen LogP) is 0.226. The van der Waals surface area contributed by atoms with Gasteiger partial charge >= 0.3 is 5.97 Å². The van der Waals surface area contributed by atoms with Gasteiger partial charge in [0.1, 0.15) is 0 Å². The zero-order valence-corrected chi connectivity index (χ0v) is 12.8. The van der Waals surface area contributed by atoms with Crippen LogP contribution in [0.2, 0.25) is 0 Å². The molecular weight excluding hydrogens is 276 g/mol. The van der Waals surface area contributed by atoms with Crippen molar-refractivity contribution in [2.24, 2.45) is 13.0 Å². The molecule has 0 fully saturated rings. The van der Waals surface area contributed by atoms with Gasteiger partial charge in [-0.05, 0) is 6.92 Å². The van der Waals surface area contributed by atoms with E-state index in [2.05, 4.69) is 20.5 Å². The molecule has 0 aliphatic carbocycles. The minimum atomic E-state index is -0.598. The van der Waals surface area contributed by atoms with Crippen LogP contribution in [0.3, 0.4) is 0 Å². The SMILES string of the molecule is COC(=O)c1c(NC(=O)CNC(=O)C(C)C)c(C)nn1C. The third-order valence-electron chi connectivity index (χ3n) is 2.81. The third kappa shape index (κ3) is 4.04. The molecule has 1 aromatic heterocycles. The molecule has 0 aromatic carbocycles. The molecule has 1 aromatic rings. The first-order valence-corrected chi connectivity index (χ1v) is 6.47. The van der Waals surface area contributed by atoms with E-state index in [1.807, 2.05) is 0 Å². The van der Waals surface area contributed by atoms with Crippen molar-refractivity contribution in [1.82, 2.24) is 15.1 Å². The molecule has 2 amide bonds. The van der Waals surface area contributed by atoms with E-state index < -0.39 is 11.9 Å². The third-order valence-corrected chi connectivity index (χ3v) is 2.81. The van der Waals surface area contributed by atoms with Crippen LogP contribution in [0.5, 0.6) is 0 Å². The van der Waals surface area contributed by atoms with E-state index in [1.54, 1.807) is 27.8 Å². The van der Waals surface area contributed by atoms with Crippen LogP contribution in [-0.4, -0.2) is 41.2 Å². The van der Waals surface area contributed by atoms with Crippen molar-refractivity contribution in [2.45, 2.75) is 20.8 Å². The maximum absolute atomic E-state index is 11.8. The fourth-order valence-corrected chi connectivity index (χ4v) is 1.69. The van der Waals surface area contributed by atoms with Crippen molar-refractivity contribution in [3.63, 3.8) is 0 Å². The number of aromatic nitrogens is 2. The lowest BCUT2D eigenvalue weighted by Crippen LogP contribution is -2.35. The molecule has 0 bridgehead atoms. The lowest BCUT2D eigenvalue weighted by molar-refractivity contribution is -0.126. The highest BCUT2D eigenvalue weighted by atomic mass is 16.5. The first-order valence-electron chi connectivity index (χ1n) is 6.47. The van der Waals surface area contributed by atoms with E-state index in [0.29, 0.717) is 5.69 Å². The van der Waals surface area contributed by atoms with Crippen LogP contribution < -0.4 is 10.6 Å².